The van der Waals surface area contributed by atoms with Crippen LogP contribution < -0.4 is 15.4 Å². The van der Waals surface area contributed by atoms with Gasteiger partial charge in [-0.25, -0.2) is 4.79 Å². The summed E-state index contributed by atoms with van der Waals surface area (Å²) in [5, 5.41) is 15.9. The van der Waals surface area contributed by atoms with Gasteiger partial charge in [0.2, 0.25) is 5.91 Å². The van der Waals surface area contributed by atoms with E-state index in [0.29, 0.717) is 24.5 Å². The van der Waals surface area contributed by atoms with Gasteiger partial charge in [-0.2, -0.15) is 13.2 Å². The fourth-order valence-corrected chi connectivity index (χ4v) is 6.39. The van der Waals surface area contributed by atoms with Crippen LogP contribution >= 0.6 is 0 Å². The molecule has 0 aromatic heterocycles. The summed E-state index contributed by atoms with van der Waals surface area (Å²) in [6.45, 7) is 5.99. The predicted molar refractivity (Wildman–Crippen MR) is 185 cm³/mol. The SMILES string of the molecule is C[C@@H]1CCCCO[C@H](CN(C)C(=O)Nc2ccc(C(F)(F)F)cc2)[C@@H](C)CN([C@@H](C)CO)C(=O)c2cc(NC(=O)C3CCCCC3)ccc2O1. The normalized spacial score (nSPS) is 22.0. The number of carbonyl (C=O) groups is 3. The number of amides is 4. The molecule has 2 aliphatic rings. The third-order valence-corrected chi connectivity index (χ3v) is 9.56. The van der Waals surface area contributed by atoms with Gasteiger partial charge in [0.25, 0.3) is 5.91 Å². The number of ether oxygens (including phenoxy) is 2. The number of carbonyl (C=O) groups excluding carboxylic acids is 3. The molecule has 4 atom stereocenters. The molecule has 0 saturated heterocycles. The maximum absolute atomic E-state index is 14.4. The number of nitrogens with zero attached hydrogens (tertiary/aromatic N) is 2. The Kier molecular flexibility index (Phi) is 13.9. The van der Waals surface area contributed by atoms with Crippen molar-refractivity contribution >= 4 is 29.2 Å². The molecule has 3 N–H and O–H groups in total. The standard InChI is InChI=1S/C37H51F3N4O6/c1-24-21-44(25(2)23-45)35(47)31-20-30(41-34(46)27-11-6-5-7-12-27)17-18-32(31)50-26(3)10-8-9-19-49-33(24)22-43(4)36(48)42-29-15-13-28(14-16-29)37(38,39)40/h13-18,20,24-27,33,45H,5-12,19,21-23H2,1-4H3,(H,41,46)(H,42,48)/t24-,25-,26+,33+/m0/s1. The number of benzene rings is 2. The second kappa shape index (κ2) is 17.9. The van der Waals surface area contributed by atoms with Gasteiger partial charge >= 0.3 is 12.2 Å². The summed E-state index contributed by atoms with van der Waals surface area (Å²) < 4.78 is 51.6. The first-order valence-electron chi connectivity index (χ1n) is 17.6. The number of likely N-dealkylation sites (N-methyl/N-ethyl adjacent to an activating group) is 1. The smallest absolute Gasteiger partial charge is 0.416 e. The first-order valence-corrected chi connectivity index (χ1v) is 17.6. The minimum atomic E-state index is -4.48. The van der Waals surface area contributed by atoms with Crippen LogP contribution in [0.5, 0.6) is 5.75 Å². The molecule has 10 nitrogen and oxygen atoms in total. The summed E-state index contributed by atoms with van der Waals surface area (Å²) in [6, 6.07) is 8.22. The average Bonchev–Trinajstić information content (AvgIpc) is 3.09. The van der Waals surface area contributed by atoms with Gasteiger partial charge in [0, 0.05) is 50.0 Å². The largest absolute Gasteiger partial charge is 0.490 e. The molecule has 13 heteroatoms. The number of aliphatic hydroxyl groups is 1. The Labute approximate surface area is 292 Å². The number of nitrogens with one attached hydrogen (secondary N) is 2. The zero-order valence-corrected chi connectivity index (χ0v) is 29.4. The molecule has 1 fully saturated rings. The number of alkyl halides is 3. The minimum Gasteiger partial charge on any atom is -0.490 e. The van der Waals surface area contributed by atoms with Crippen molar-refractivity contribution < 1.29 is 42.1 Å². The lowest BCUT2D eigenvalue weighted by molar-refractivity contribution is -0.137. The highest BCUT2D eigenvalue weighted by molar-refractivity contribution is 6.00. The molecular weight excluding hydrogens is 653 g/mol. The van der Waals surface area contributed by atoms with Gasteiger partial charge in [-0.1, -0.05) is 26.2 Å². The van der Waals surface area contributed by atoms with Gasteiger partial charge in [-0.3, -0.25) is 9.59 Å². The number of aliphatic hydroxyl groups excluding tert-OH is 1. The van der Waals surface area contributed by atoms with Crippen molar-refractivity contribution in [1.82, 2.24) is 9.80 Å². The van der Waals surface area contributed by atoms with Gasteiger partial charge in [0.05, 0.1) is 36.0 Å². The lowest BCUT2D eigenvalue weighted by Gasteiger charge is -2.35. The van der Waals surface area contributed by atoms with Gasteiger partial charge in [0.15, 0.2) is 0 Å². The van der Waals surface area contributed by atoms with Crippen LogP contribution in [0.4, 0.5) is 29.3 Å². The van der Waals surface area contributed by atoms with Crippen LogP contribution in [-0.2, 0) is 15.7 Å². The first-order chi connectivity index (χ1) is 23.8. The molecule has 0 unspecified atom stereocenters. The molecular formula is C37H51F3N4O6. The molecule has 276 valence electrons. The van der Waals surface area contributed by atoms with Crippen molar-refractivity contribution in [3.05, 3.63) is 53.6 Å². The summed E-state index contributed by atoms with van der Waals surface area (Å²) >= 11 is 0. The van der Waals surface area contributed by atoms with Crippen molar-refractivity contribution in [1.29, 1.82) is 0 Å². The zero-order chi connectivity index (χ0) is 36.4. The lowest BCUT2D eigenvalue weighted by atomic mass is 9.88. The topological polar surface area (TPSA) is 120 Å². The Morgan fingerprint density at radius 3 is 2.30 bits per heavy atom. The van der Waals surface area contributed by atoms with Crippen molar-refractivity contribution in [2.45, 2.75) is 96.6 Å². The third-order valence-electron chi connectivity index (χ3n) is 9.56. The quantitative estimate of drug-likeness (QED) is 0.281. The van der Waals surface area contributed by atoms with Crippen LogP contribution in [0.2, 0.25) is 0 Å². The summed E-state index contributed by atoms with van der Waals surface area (Å²) in [4.78, 5) is 43.5. The van der Waals surface area contributed by atoms with Gasteiger partial charge < -0.3 is 35.0 Å². The maximum atomic E-state index is 14.4. The molecule has 0 bridgehead atoms. The van der Waals surface area contributed by atoms with E-state index in [1.54, 1.807) is 37.1 Å². The van der Waals surface area contributed by atoms with E-state index in [9.17, 15) is 32.7 Å². The average molecular weight is 705 g/mol. The second-order valence-electron chi connectivity index (χ2n) is 13.7. The number of hydrogen-bond acceptors (Lipinski definition) is 6. The minimum absolute atomic E-state index is 0.0621. The van der Waals surface area contributed by atoms with Gasteiger partial charge in [-0.05, 0) is 88.4 Å². The second-order valence-corrected chi connectivity index (χ2v) is 13.7. The van der Waals surface area contributed by atoms with E-state index in [1.807, 2.05) is 13.8 Å². The Morgan fingerprint density at radius 1 is 0.980 bits per heavy atom. The van der Waals surface area contributed by atoms with Gasteiger partial charge in [0.1, 0.15) is 5.75 Å². The summed E-state index contributed by atoms with van der Waals surface area (Å²) in [6.07, 6.45) is 1.84. The fraction of sp³-hybridized carbons (Fsp3) is 0.595. The number of hydrogen-bond donors (Lipinski definition) is 3. The van der Waals surface area contributed by atoms with E-state index >= 15 is 0 Å². The number of anilines is 2. The van der Waals surface area contributed by atoms with E-state index in [0.717, 1.165) is 57.1 Å². The highest BCUT2D eigenvalue weighted by Gasteiger charge is 2.32. The summed E-state index contributed by atoms with van der Waals surface area (Å²) in [7, 11) is 1.57. The molecule has 1 heterocycles. The summed E-state index contributed by atoms with van der Waals surface area (Å²) in [5.41, 5.74) is 0.170. The molecule has 4 rings (SSSR count). The number of urea groups is 1. The van der Waals surface area contributed by atoms with Crippen LogP contribution in [0.25, 0.3) is 0 Å². The van der Waals surface area contributed by atoms with Crippen molar-refractivity contribution in [3.8, 4) is 5.75 Å². The molecule has 2 aromatic carbocycles. The highest BCUT2D eigenvalue weighted by Crippen LogP contribution is 2.31. The van der Waals surface area contributed by atoms with E-state index in [4.69, 9.17) is 9.47 Å². The number of halogens is 3. The Hall–Kier alpha value is -3.84. The number of fused-ring (bicyclic) bond motifs is 1. The Bertz CT molecular complexity index is 1430. The highest BCUT2D eigenvalue weighted by atomic mass is 19.4. The molecule has 2 aromatic rings. The third kappa shape index (κ3) is 10.8. The van der Waals surface area contributed by atoms with Crippen molar-refractivity contribution in [3.63, 3.8) is 0 Å². The number of rotatable bonds is 7. The molecule has 0 spiro atoms. The predicted octanol–water partition coefficient (Wildman–Crippen LogP) is 7.18. The van der Waals surface area contributed by atoms with Crippen molar-refractivity contribution in [2.24, 2.45) is 11.8 Å². The summed E-state index contributed by atoms with van der Waals surface area (Å²) in [5.74, 6) is -0.421. The Balaban J connectivity index is 1.55. The molecule has 1 aliphatic heterocycles. The molecule has 0 radical (unpaired) electrons. The Morgan fingerprint density at radius 2 is 1.64 bits per heavy atom. The van der Waals surface area contributed by atoms with Crippen LogP contribution in [0, 0.1) is 11.8 Å². The molecule has 4 amide bonds. The van der Waals surface area contributed by atoms with Crippen molar-refractivity contribution in [2.75, 3.05) is 44.0 Å². The van der Waals surface area contributed by atoms with Crippen LogP contribution in [0.15, 0.2) is 42.5 Å². The first kappa shape index (κ1) is 39.0. The monoisotopic (exact) mass is 704 g/mol. The zero-order valence-electron chi connectivity index (χ0n) is 29.4. The van der Waals surface area contributed by atoms with E-state index in [1.165, 1.54) is 17.0 Å². The van der Waals surface area contributed by atoms with Crippen LogP contribution in [-0.4, -0.2) is 84.4 Å². The van der Waals surface area contributed by atoms with E-state index in [2.05, 4.69) is 10.6 Å². The molecule has 1 saturated carbocycles. The maximum Gasteiger partial charge on any atom is 0.416 e. The van der Waals surface area contributed by atoms with Crippen LogP contribution in [0.3, 0.4) is 0 Å². The molecule has 1 aliphatic carbocycles. The van der Waals surface area contributed by atoms with E-state index in [-0.39, 0.29) is 60.7 Å². The van der Waals surface area contributed by atoms with Crippen LogP contribution in [0.1, 0.15) is 88.1 Å². The van der Waals surface area contributed by atoms with Gasteiger partial charge in [-0.15, -0.1) is 0 Å². The fourth-order valence-electron chi connectivity index (χ4n) is 6.39. The van der Waals surface area contributed by atoms with E-state index < -0.39 is 29.9 Å². The molecule has 50 heavy (non-hydrogen) atoms. The lowest BCUT2D eigenvalue weighted by Crippen LogP contribution is -2.48.